The average Bonchev–Trinajstić information content (AvgIpc) is 2.31. The standard InChI is InChI=1S/C10H13NO4/c1-5(2)8(10(14)15)11-7(12)4-6(3)9(11)13/h4-5,8H,1-3H3,(H,14,15). The van der Waals surface area contributed by atoms with Crippen LogP contribution in [0.25, 0.3) is 0 Å². The lowest BCUT2D eigenvalue weighted by Crippen LogP contribution is -2.48. The molecule has 0 aromatic heterocycles. The highest BCUT2D eigenvalue weighted by atomic mass is 16.4. The summed E-state index contributed by atoms with van der Waals surface area (Å²) >= 11 is 0. The second kappa shape index (κ2) is 3.84. The van der Waals surface area contributed by atoms with E-state index in [1.807, 2.05) is 0 Å². The zero-order valence-corrected chi connectivity index (χ0v) is 8.85. The molecule has 1 rings (SSSR count). The number of hydrogen-bond donors (Lipinski definition) is 1. The van der Waals surface area contributed by atoms with E-state index in [4.69, 9.17) is 5.11 Å². The maximum Gasteiger partial charge on any atom is 0.327 e. The van der Waals surface area contributed by atoms with Gasteiger partial charge < -0.3 is 5.11 Å². The molecule has 2 amide bonds. The molecule has 0 saturated heterocycles. The highest BCUT2D eigenvalue weighted by Gasteiger charge is 2.39. The third-order valence-corrected chi connectivity index (χ3v) is 2.30. The van der Waals surface area contributed by atoms with E-state index in [-0.39, 0.29) is 11.5 Å². The largest absolute Gasteiger partial charge is 0.480 e. The van der Waals surface area contributed by atoms with E-state index >= 15 is 0 Å². The minimum absolute atomic E-state index is 0.284. The van der Waals surface area contributed by atoms with Crippen molar-refractivity contribution in [3.8, 4) is 0 Å². The molecule has 82 valence electrons. The molecule has 5 heteroatoms. The van der Waals surface area contributed by atoms with Gasteiger partial charge in [0.2, 0.25) is 0 Å². The Hall–Kier alpha value is -1.65. The van der Waals surface area contributed by atoms with Gasteiger partial charge in [-0.25, -0.2) is 4.79 Å². The minimum atomic E-state index is -1.16. The van der Waals surface area contributed by atoms with Gasteiger partial charge in [-0.1, -0.05) is 13.8 Å². The molecular formula is C10H13NO4. The number of carboxylic acid groups (broad SMARTS) is 1. The van der Waals surface area contributed by atoms with Crippen LogP contribution in [0.2, 0.25) is 0 Å². The Kier molecular flexibility index (Phi) is 2.93. The van der Waals surface area contributed by atoms with E-state index < -0.39 is 23.8 Å². The lowest BCUT2D eigenvalue weighted by Gasteiger charge is -2.25. The van der Waals surface area contributed by atoms with Gasteiger partial charge in [0, 0.05) is 11.6 Å². The summed E-state index contributed by atoms with van der Waals surface area (Å²) in [6, 6.07) is -1.08. The van der Waals surface area contributed by atoms with Crippen molar-refractivity contribution in [2.45, 2.75) is 26.8 Å². The Balaban J connectivity index is 3.02. The molecule has 1 unspecified atom stereocenters. The van der Waals surface area contributed by atoms with Gasteiger partial charge >= 0.3 is 5.97 Å². The van der Waals surface area contributed by atoms with E-state index in [0.29, 0.717) is 0 Å². The first-order valence-corrected chi connectivity index (χ1v) is 4.65. The van der Waals surface area contributed by atoms with Gasteiger partial charge in [0.1, 0.15) is 6.04 Å². The fourth-order valence-electron chi connectivity index (χ4n) is 1.56. The van der Waals surface area contributed by atoms with Gasteiger partial charge in [-0.2, -0.15) is 0 Å². The van der Waals surface area contributed by atoms with Crippen molar-refractivity contribution in [1.29, 1.82) is 0 Å². The molecule has 1 heterocycles. The molecule has 1 N–H and O–H groups in total. The topological polar surface area (TPSA) is 74.7 Å². The maximum absolute atomic E-state index is 11.5. The molecular weight excluding hydrogens is 198 g/mol. The van der Waals surface area contributed by atoms with Crippen molar-refractivity contribution in [1.82, 2.24) is 4.90 Å². The van der Waals surface area contributed by atoms with Crippen LogP contribution in [0, 0.1) is 5.92 Å². The summed E-state index contributed by atoms with van der Waals surface area (Å²) < 4.78 is 0. The van der Waals surface area contributed by atoms with Gasteiger partial charge in [-0.05, 0) is 12.8 Å². The van der Waals surface area contributed by atoms with Gasteiger partial charge in [-0.15, -0.1) is 0 Å². The SMILES string of the molecule is CC1=CC(=O)N(C(C(=O)O)C(C)C)C1=O. The molecule has 0 fully saturated rings. The molecule has 1 aliphatic heterocycles. The van der Waals surface area contributed by atoms with Crippen molar-refractivity contribution in [3.63, 3.8) is 0 Å². The molecule has 5 nitrogen and oxygen atoms in total. The summed E-state index contributed by atoms with van der Waals surface area (Å²) in [6.07, 6.45) is 1.17. The predicted molar refractivity (Wildman–Crippen MR) is 51.9 cm³/mol. The highest BCUT2D eigenvalue weighted by Crippen LogP contribution is 2.20. The summed E-state index contributed by atoms with van der Waals surface area (Å²) in [5.41, 5.74) is 0.284. The number of carbonyl (C=O) groups is 3. The Morgan fingerprint density at radius 1 is 1.40 bits per heavy atom. The maximum atomic E-state index is 11.5. The molecule has 1 atom stereocenters. The summed E-state index contributed by atoms with van der Waals surface area (Å²) in [4.78, 5) is 34.7. The first kappa shape index (κ1) is 11.4. The molecule has 0 saturated carbocycles. The Morgan fingerprint density at radius 2 is 1.93 bits per heavy atom. The number of nitrogens with zero attached hydrogens (tertiary/aromatic N) is 1. The number of amides is 2. The monoisotopic (exact) mass is 211 g/mol. The van der Waals surface area contributed by atoms with Crippen LogP contribution < -0.4 is 0 Å². The Labute approximate surface area is 87.4 Å². The van der Waals surface area contributed by atoms with Crippen molar-refractivity contribution in [2.75, 3.05) is 0 Å². The van der Waals surface area contributed by atoms with Crippen molar-refractivity contribution in [2.24, 2.45) is 5.92 Å². The summed E-state index contributed by atoms with van der Waals surface area (Å²) in [5, 5.41) is 8.96. The molecule has 0 spiro atoms. The zero-order chi connectivity index (χ0) is 11.7. The molecule has 0 aromatic rings. The Bertz CT molecular complexity index is 356. The van der Waals surface area contributed by atoms with Crippen LogP contribution in [-0.4, -0.2) is 33.8 Å². The lowest BCUT2D eigenvalue weighted by molar-refractivity contribution is -0.155. The van der Waals surface area contributed by atoms with Crippen molar-refractivity contribution in [3.05, 3.63) is 11.6 Å². The fourth-order valence-corrected chi connectivity index (χ4v) is 1.56. The van der Waals surface area contributed by atoms with Gasteiger partial charge in [0.05, 0.1) is 0 Å². The van der Waals surface area contributed by atoms with Crippen LogP contribution in [0.1, 0.15) is 20.8 Å². The zero-order valence-electron chi connectivity index (χ0n) is 8.85. The number of carboxylic acids is 1. The van der Waals surface area contributed by atoms with Crippen LogP contribution in [0.4, 0.5) is 0 Å². The minimum Gasteiger partial charge on any atom is -0.480 e. The van der Waals surface area contributed by atoms with Crippen molar-refractivity contribution >= 4 is 17.8 Å². The van der Waals surface area contributed by atoms with Gasteiger partial charge in [-0.3, -0.25) is 14.5 Å². The summed E-state index contributed by atoms with van der Waals surface area (Å²) in [6.45, 7) is 4.82. The molecule has 1 aliphatic rings. The highest BCUT2D eigenvalue weighted by molar-refractivity contribution is 6.17. The second-order valence-electron chi connectivity index (χ2n) is 3.87. The lowest BCUT2D eigenvalue weighted by atomic mass is 10.0. The average molecular weight is 211 g/mol. The molecule has 15 heavy (non-hydrogen) atoms. The number of hydrogen-bond acceptors (Lipinski definition) is 3. The molecule has 0 aromatic carbocycles. The number of carbonyl (C=O) groups excluding carboxylic acids is 2. The second-order valence-corrected chi connectivity index (χ2v) is 3.87. The van der Waals surface area contributed by atoms with Crippen molar-refractivity contribution < 1.29 is 19.5 Å². The molecule has 0 bridgehead atoms. The normalized spacial score (nSPS) is 18.4. The van der Waals surface area contributed by atoms with E-state index in [0.717, 1.165) is 4.90 Å². The van der Waals surface area contributed by atoms with Crippen LogP contribution in [0.15, 0.2) is 11.6 Å². The number of aliphatic carboxylic acids is 1. The predicted octanol–water partition coefficient (Wildman–Crippen LogP) is 0.411. The van der Waals surface area contributed by atoms with E-state index in [9.17, 15) is 14.4 Å². The quantitative estimate of drug-likeness (QED) is 0.686. The number of imide groups is 1. The van der Waals surface area contributed by atoms with E-state index in [2.05, 4.69) is 0 Å². The first-order valence-electron chi connectivity index (χ1n) is 4.65. The summed E-state index contributed by atoms with van der Waals surface area (Å²) in [5.74, 6) is -2.52. The summed E-state index contributed by atoms with van der Waals surface area (Å²) in [7, 11) is 0. The number of rotatable bonds is 3. The van der Waals surface area contributed by atoms with E-state index in [1.54, 1.807) is 13.8 Å². The van der Waals surface area contributed by atoms with Gasteiger partial charge in [0.15, 0.2) is 0 Å². The van der Waals surface area contributed by atoms with Crippen LogP contribution in [0.3, 0.4) is 0 Å². The fraction of sp³-hybridized carbons (Fsp3) is 0.500. The first-order chi connectivity index (χ1) is 6.86. The van der Waals surface area contributed by atoms with E-state index in [1.165, 1.54) is 13.0 Å². The Morgan fingerprint density at radius 3 is 2.20 bits per heavy atom. The smallest absolute Gasteiger partial charge is 0.327 e. The molecule has 0 aliphatic carbocycles. The van der Waals surface area contributed by atoms with Crippen LogP contribution in [0.5, 0.6) is 0 Å². The van der Waals surface area contributed by atoms with Crippen LogP contribution in [-0.2, 0) is 14.4 Å². The third kappa shape index (κ3) is 1.91. The van der Waals surface area contributed by atoms with Gasteiger partial charge in [0.25, 0.3) is 11.8 Å². The van der Waals surface area contributed by atoms with Crippen LogP contribution >= 0.6 is 0 Å². The third-order valence-electron chi connectivity index (χ3n) is 2.30. The molecule has 0 radical (unpaired) electrons.